The van der Waals surface area contributed by atoms with Crippen molar-refractivity contribution in [3.8, 4) is 0 Å². The van der Waals surface area contributed by atoms with Crippen LogP contribution < -0.4 is 11.1 Å². The van der Waals surface area contributed by atoms with Crippen LogP contribution in [-0.4, -0.2) is 43.7 Å². The van der Waals surface area contributed by atoms with E-state index in [1.165, 1.54) is 28.6 Å². The largest absolute Gasteiger partial charge is 0.366 e. The Labute approximate surface area is 154 Å². The van der Waals surface area contributed by atoms with E-state index < -0.39 is 15.9 Å². The quantitative estimate of drug-likeness (QED) is 0.802. The first-order chi connectivity index (χ1) is 12.4. The number of sulfonamides is 1. The summed E-state index contributed by atoms with van der Waals surface area (Å²) >= 11 is 0. The van der Waals surface area contributed by atoms with Crippen molar-refractivity contribution in [2.24, 2.45) is 11.7 Å². The first kappa shape index (κ1) is 18.8. The molecular weight excluding hydrogens is 354 g/mol. The fraction of sp³-hybridized carbons (Fsp3) is 0.556. The predicted octanol–water partition coefficient (Wildman–Crippen LogP) is 1.25. The monoisotopic (exact) mass is 379 g/mol. The molecule has 2 fully saturated rings. The van der Waals surface area contributed by atoms with Crippen molar-refractivity contribution in [3.05, 3.63) is 29.8 Å². The minimum atomic E-state index is -3.63. The number of carbonyl (C=O) groups excluding carboxylic acids is 2. The van der Waals surface area contributed by atoms with Gasteiger partial charge in [0, 0.05) is 30.6 Å². The van der Waals surface area contributed by atoms with Gasteiger partial charge in [-0.3, -0.25) is 9.59 Å². The molecule has 1 heterocycles. The molecule has 3 rings (SSSR count). The smallest absolute Gasteiger partial charge is 0.248 e. The van der Waals surface area contributed by atoms with E-state index in [1.54, 1.807) is 0 Å². The van der Waals surface area contributed by atoms with Crippen LogP contribution in [0.5, 0.6) is 0 Å². The molecule has 0 spiro atoms. The maximum absolute atomic E-state index is 12.7. The zero-order valence-corrected chi connectivity index (χ0v) is 15.5. The zero-order chi connectivity index (χ0) is 18.7. The summed E-state index contributed by atoms with van der Waals surface area (Å²) in [4.78, 5) is 23.6. The maximum atomic E-state index is 12.7. The number of nitrogens with one attached hydrogen (secondary N) is 1. The van der Waals surface area contributed by atoms with E-state index in [0.717, 1.165) is 25.7 Å². The average Bonchev–Trinajstić information content (AvgIpc) is 3.15. The van der Waals surface area contributed by atoms with E-state index in [9.17, 15) is 18.0 Å². The van der Waals surface area contributed by atoms with Crippen molar-refractivity contribution < 1.29 is 18.0 Å². The predicted molar refractivity (Wildman–Crippen MR) is 96.8 cm³/mol. The number of piperidine rings is 1. The fourth-order valence-electron chi connectivity index (χ4n) is 3.69. The summed E-state index contributed by atoms with van der Waals surface area (Å²) in [6.45, 7) is 0.644. The van der Waals surface area contributed by atoms with Crippen molar-refractivity contribution >= 4 is 21.8 Å². The summed E-state index contributed by atoms with van der Waals surface area (Å²) in [5.41, 5.74) is 5.45. The molecule has 3 N–H and O–H groups in total. The number of carbonyl (C=O) groups is 2. The summed E-state index contributed by atoms with van der Waals surface area (Å²) in [6.07, 6.45) is 5.46. The zero-order valence-electron chi connectivity index (χ0n) is 14.7. The van der Waals surface area contributed by atoms with Crippen LogP contribution in [0.2, 0.25) is 0 Å². The standard InChI is InChI=1S/C18H25N3O4S/c19-17(22)13-5-7-16(8-6-13)26(24,25)21-11-9-14(10-12-21)18(23)20-15-3-1-2-4-15/h5-8,14-15H,1-4,9-12H2,(H2,19,22)(H,20,23). The first-order valence-corrected chi connectivity index (χ1v) is 10.5. The highest BCUT2D eigenvalue weighted by molar-refractivity contribution is 7.89. The molecule has 0 bridgehead atoms. The van der Waals surface area contributed by atoms with Gasteiger partial charge in [-0.1, -0.05) is 12.8 Å². The van der Waals surface area contributed by atoms with Gasteiger partial charge in [-0.05, 0) is 49.9 Å². The van der Waals surface area contributed by atoms with Crippen LogP contribution in [-0.2, 0) is 14.8 Å². The second kappa shape index (κ2) is 7.75. The number of primary amides is 1. The van der Waals surface area contributed by atoms with Gasteiger partial charge in [0.15, 0.2) is 0 Å². The molecule has 0 aromatic heterocycles. The van der Waals surface area contributed by atoms with Crippen LogP contribution in [0, 0.1) is 5.92 Å². The van der Waals surface area contributed by atoms with Crippen molar-refractivity contribution in [1.82, 2.24) is 9.62 Å². The summed E-state index contributed by atoms with van der Waals surface area (Å²) < 4.78 is 26.9. The minimum absolute atomic E-state index is 0.0553. The van der Waals surface area contributed by atoms with Gasteiger partial charge in [0.05, 0.1) is 4.90 Å². The first-order valence-electron chi connectivity index (χ1n) is 9.08. The Kier molecular flexibility index (Phi) is 5.62. The lowest BCUT2D eigenvalue weighted by Crippen LogP contribution is -2.44. The van der Waals surface area contributed by atoms with Crippen LogP contribution in [0.25, 0.3) is 0 Å². The highest BCUT2D eigenvalue weighted by atomic mass is 32.2. The lowest BCUT2D eigenvalue weighted by atomic mass is 9.97. The molecule has 26 heavy (non-hydrogen) atoms. The van der Waals surface area contributed by atoms with Gasteiger partial charge in [0.2, 0.25) is 21.8 Å². The van der Waals surface area contributed by atoms with E-state index in [1.807, 2.05) is 0 Å². The molecule has 0 unspecified atom stereocenters. The molecule has 1 aromatic carbocycles. The molecule has 1 aliphatic heterocycles. The molecule has 0 atom stereocenters. The van der Waals surface area contributed by atoms with Crippen molar-refractivity contribution in [2.75, 3.05) is 13.1 Å². The van der Waals surface area contributed by atoms with Crippen LogP contribution >= 0.6 is 0 Å². The fourth-order valence-corrected chi connectivity index (χ4v) is 5.16. The summed E-state index contributed by atoms with van der Waals surface area (Å²) in [5.74, 6) is -0.665. The SMILES string of the molecule is NC(=O)c1ccc(S(=O)(=O)N2CCC(C(=O)NC3CCCC3)CC2)cc1. The third-order valence-electron chi connectivity index (χ3n) is 5.30. The highest BCUT2D eigenvalue weighted by Crippen LogP contribution is 2.25. The van der Waals surface area contributed by atoms with Crippen LogP contribution in [0.4, 0.5) is 0 Å². The number of benzene rings is 1. The molecule has 7 nitrogen and oxygen atoms in total. The second-order valence-corrected chi connectivity index (χ2v) is 8.99. The third-order valence-corrected chi connectivity index (χ3v) is 7.22. The van der Waals surface area contributed by atoms with Gasteiger partial charge >= 0.3 is 0 Å². The summed E-state index contributed by atoms with van der Waals surface area (Å²) in [7, 11) is -3.63. The molecule has 142 valence electrons. The molecule has 1 aliphatic carbocycles. The van der Waals surface area contributed by atoms with E-state index in [2.05, 4.69) is 5.32 Å². The van der Waals surface area contributed by atoms with E-state index in [4.69, 9.17) is 5.73 Å². The molecule has 1 saturated heterocycles. The second-order valence-electron chi connectivity index (χ2n) is 7.06. The molecular formula is C18H25N3O4S. The average molecular weight is 379 g/mol. The summed E-state index contributed by atoms with van der Waals surface area (Å²) in [6, 6.07) is 5.91. The van der Waals surface area contributed by atoms with Crippen molar-refractivity contribution in [1.29, 1.82) is 0 Å². The van der Waals surface area contributed by atoms with Gasteiger partial charge in [-0.25, -0.2) is 8.42 Å². The number of amides is 2. The Morgan fingerprint density at radius 2 is 1.58 bits per heavy atom. The molecule has 1 aromatic rings. The van der Waals surface area contributed by atoms with Crippen molar-refractivity contribution in [3.63, 3.8) is 0 Å². The number of nitrogens with zero attached hydrogens (tertiary/aromatic N) is 1. The Morgan fingerprint density at radius 1 is 1.00 bits per heavy atom. The topological polar surface area (TPSA) is 110 Å². The van der Waals surface area contributed by atoms with Crippen LogP contribution in [0.3, 0.4) is 0 Å². The minimum Gasteiger partial charge on any atom is -0.366 e. The lowest BCUT2D eigenvalue weighted by molar-refractivity contribution is -0.126. The van der Waals surface area contributed by atoms with E-state index in [0.29, 0.717) is 25.9 Å². The van der Waals surface area contributed by atoms with E-state index in [-0.39, 0.29) is 28.3 Å². The Morgan fingerprint density at radius 3 is 2.12 bits per heavy atom. The molecule has 2 aliphatic rings. The van der Waals surface area contributed by atoms with E-state index >= 15 is 0 Å². The van der Waals surface area contributed by atoms with Gasteiger partial charge in [-0.2, -0.15) is 4.31 Å². The van der Waals surface area contributed by atoms with Crippen LogP contribution in [0.15, 0.2) is 29.2 Å². The Bertz CT molecular complexity index is 762. The molecule has 8 heteroatoms. The number of hydrogen-bond donors (Lipinski definition) is 2. The lowest BCUT2D eigenvalue weighted by Gasteiger charge is -2.31. The maximum Gasteiger partial charge on any atom is 0.248 e. The highest BCUT2D eigenvalue weighted by Gasteiger charge is 2.33. The van der Waals surface area contributed by atoms with Gasteiger partial charge in [-0.15, -0.1) is 0 Å². The van der Waals surface area contributed by atoms with Gasteiger partial charge in [0.25, 0.3) is 0 Å². The van der Waals surface area contributed by atoms with Gasteiger partial charge in [0.1, 0.15) is 0 Å². The normalized spacial score (nSPS) is 20.2. The third kappa shape index (κ3) is 4.07. The summed E-state index contributed by atoms with van der Waals surface area (Å²) in [5, 5.41) is 3.10. The number of hydrogen-bond acceptors (Lipinski definition) is 4. The van der Waals surface area contributed by atoms with Crippen LogP contribution in [0.1, 0.15) is 48.9 Å². The number of nitrogens with two attached hydrogens (primary N) is 1. The Hall–Kier alpha value is -1.93. The number of rotatable bonds is 5. The Balaban J connectivity index is 1.59. The molecule has 1 saturated carbocycles. The van der Waals surface area contributed by atoms with Crippen molar-refractivity contribution in [2.45, 2.75) is 49.5 Å². The molecule has 0 radical (unpaired) electrons. The van der Waals surface area contributed by atoms with Gasteiger partial charge < -0.3 is 11.1 Å². The molecule has 2 amide bonds.